The molecule has 2 aromatic heterocycles. The second-order valence-electron chi connectivity index (χ2n) is 4.83. The van der Waals surface area contributed by atoms with Gasteiger partial charge in [0, 0.05) is 6.54 Å². The number of nitrogens with one attached hydrogen (secondary N) is 1. The Morgan fingerprint density at radius 2 is 2.35 bits per heavy atom. The molecule has 0 aliphatic rings. The van der Waals surface area contributed by atoms with Gasteiger partial charge in [-0.2, -0.15) is 16.4 Å². The molecule has 0 radical (unpaired) electrons. The van der Waals surface area contributed by atoms with Crippen LogP contribution in [0.1, 0.15) is 24.6 Å². The Morgan fingerprint density at radius 1 is 1.55 bits per heavy atom. The number of carbonyl (C=O) groups is 1. The molecule has 0 fully saturated rings. The molecule has 2 rings (SSSR count). The van der Waals surface area contributed by atoms with E-state index < -0.39 is 0 Å². The van der Waals surface area contributed by atoms with Crippen LogP contribution in [-0.4, -0.2) is 46.2 Å². The van der Waals surface area contributed by atoms with Crippen molar-refractivity contribution in [1.82, 2.24) is 25.0 Å². The van der Waals surface area contributed by atoms with Gasteiger partial charge < -0.3 is 10.2 Å². The SMILES string of the molecule is C[C@@H](C(=O)NC[C@@H](c1ccsc1)N(C)C)n1cncn1. The quantitative estimate of drug-likeness (QED) is 0.872. The summed E-state index contributed by atoms with van der Waals surface area (Å²) in [6, 6.07) is 1.90. The lowest BCUT2D eigenvalue weighted by atomic mass is 10.1. The van der Waals surface area contributed by atoms with Crippen LogP contribution in [0, 0.1) is 0 Å². The predicted octanol–water partition coefficient (Wildman–Crippen LogP) is 1.32. The van der Waals surface area contributed by atoms with E-state index >= 15 is 0 Å². The molecule has 0 bridgehead atoms. The molecule has 7 heteroatoms. The van der Waals surface area contributed by atoms with Gasteiger partial charge in [0.05, 0.1) is 6.04 Å². The minimum atomic E-state index is -0.359. The Kier molecular flexibility index (Phi) is 4.86. The molecule has 0 unspecified atom stereocenters. The maximum atomic E-state index is 12.1. The molecule has 1 N–H and O–H groups in total. The lowest BCUT2D eigenvalue weighted by molar-refractivity contribution is -0.124. The molecule has 0 aromatic carbocycles. The lowest BCUT2D eigenvalue weighted by Gasteiger charge is -2.24. The van der Waals surface area contributed by atoms with Crippen molar-refractivity contribution >= 4 is 17.2 Å². The van der Waals surface area contributed by atoms with Gasteiger partial charge in [0.15, 0.2) is 0 Å². The summed E-state index contributed by atoms with van der Waals surface area (Å²) < 4.78 is 1.55. The highest BCUT2D eigenvalue weighted by Crippen LogP contribution is 2.20. The van der Waals surface area contributed by atoms with Crippen molar-refractivity contribution < 1.29 is 4.79 Å². The highest BCUT2D eigenvalue weighted by atomic mass is 32.1. The number of nitrogens with zero attached hydrogens (tertiary/aromatic N) is 4. The average Bonchev–Trinajstić information content (AvgIpc) is 3.10. The first-order chi connectivity index (χ1) is 9.59. The third kappa shape index (κ3) is 3.43. The van der Waals surface area contributed by atoms with Crippen molar-refractivity contribution in [3.8, 4) is 0 Å². The summed E-state index contributed by atoms with van der Waals surface area (Å²) in [5.41, 5.74) is 1.22. The van der Waals surface area contributed by atoms with Crippen LogP contribution in [0.15, 0.2) is 29.5 Å². The molecule has 1 amide bonds. The van der Waals surface area contributed by atoms with Gasteiger partial charge in [0.2, 0.25) is 5.91 Å². The zero-order chi connectivity index (χ0) is 14.5. The molecule has 0 aliphatic heterocycles. The van der Waals surface area contributed by atoms with Gasteiger partial charge in [-0.25, -0.2) is 9.67 Å². The highest BCUT2D eigenvalue weighted by molar-refractivity contribution is 7.07. The largest absolute Gasteiger partial charge is 0.352 e. The predicted molar refractivity (Wildman–Crippen MR) is 78.5 cm³/mol. The molecule has 0 saturated carbocycles. The summed E-state index contributed by atoms with van der Waals surface area (Å²) in [5, 5.41) is 11.1. The van der Waals surface area contributed by atoms with Crippen LogP contribution in [0.3, 0.4) is 0 Å². The fourth-order valence-electron chi connectivity index (χ4n) is 1.95. The van der Waals surface area contributed by atoms with E-state index in [1.54, 1.807) is 29.3 Å². The molecule has 20 heavy (non-hydrogen) atoms. The standard InChI is InChI=1S/C13H19N5OS/c1-10(18-9-14-8-16-18)13(19)15-6-12(17(2)3)11-4-5-20-7-11/h4-5,7-10,12H,6H2,1-3H3,(H,15,19)/t10-,12-/m0/s1. The molecule has 0 saturated heterocycles. The average molecular weight is 293 g/mol. The Labute approximate surface area is 122 Å². The van der Waals surface area contributed by atoms with E-state index in [0.717, 1.165) is 0 Å². The van der Waals surface area contributed by atoms with Crippen molar-refractivity contribution in [1.29, 1.82) is 0 Å². The van der Waals surface area contributed by atoms with Crippen molar-refractivity contribution in [3.63, 3.8) is 0 Å². The molecule has 0 aliphatic carbocycles. The zero-order valence-electron chi connectivity index (χ0n) is 11.9. The summed E-state index contributed by atoms with van der Waals surface area (Å²) >= 11 is 1.66. The second-order valence-corrected chi connectivity index (χ2v) is 5.61. The topological polar surface area (TPSA) is 63.1 Å². The number of carbonyl (C=O) groups excluding carboxylic acids is 1. The monoisotopic (exact) mass is 293 g/mol. The number of hydrogen-bond acceptors (Lipinski definition) is 5. The molecular formula is C13H19N5OS. The Balaban J connectivity index is 1.94. The van der Waals surface area contributed by atoms with Crippen LogP contribution in [-0.2, 0) is 4.79 Å². The molecule has 2 atom stereocenters. The third-order valence-electron chi connectivity index (χ3n) is 3.23. The van der Waals surface area contributed by atoms with Gasteiger partial charge in [0.1, 0.15) is 18.7 Å². The summed E-state index contributed by atoms with van der Waals surface area (Å²) in [6.07, 6.45) is 2.98. The Morgan fingerprint density at radius 3 is 2.90 bits per heavy atom. The summed E-state index contributed by atoms with van der Waals surface area (Å²) in [5.74, 6) is -0.0578. The van der Waals surface area contributed by atoms with Crippen LogP contribution >= 0.6 is 11.3 Å². The van der Waals surface area contributed by atoms with Crippen molar-refractivity contribution in [3.05, 3.63) is 35.0 Å². The van der Waals surface area contributed by atoms with Gasteiger partial charge in [0.25, 0.3) is 0 Å². The number of thiophene rings is 1. The number of amides is 1. The maximum absolute atomic E-state index is 12.1. The lowest BCUT2D eigenvalue weighted by Crippen LogP contribution is -2.37. The van der Waals surface area contributed by atoms with Crippen LogP contribution in [0.5, 0.6) is 0 Å². The minimum Gasteiger partial charge on any atom is -0.352 e. The van der Waals surface area contributed by atoms with Crippen molar-refractivity contribution in [2.45, 2.75) is 19.0 Å². The first-order valence-corrected chi connectivity index (χ1v) is 7.34. The van der Waals surface area contributed by atoms with Crippen molar-refractivity contribution in [2.75, 3.05) is 20.6 Å². The maximum Gasteiger partial charge on any atom is 0.244 e. The normalized spacial score (nSPS) is 14.2. The van der Waals surface area contributed by atoms with E-state index in [2.05, 4.69) is 31.7 Å². The summed E-state index contributed by atoms with van der Waals surface area (Å²) in [4.78, 5) is 18.1. The fourth-order valence-corrected chi connectivity index (χ4v) is 2.65. The fraction of sp³-hybridized carbons (Fsp3) is 0.462. The second kappa shape index (κ2) is 6.62. The summed E-state index contributed by atoms with van der Waals surface area (Å²) in [6.45, 7) is 2.38. The van der Waals surface area contributed by atoms with Crippen LogP contribution in [0.4, 0.5) is 0 Å². The molecular weight excluding hydrogens is 274 g/mol. The summed E-state index contributed by atoms with van der Waals surface area (Å²) in [7, 11) is 4.02. The molecule has 2 heterocycles. The molecule has 2 aromatic rings. The van der Waals surface area contributed by atoms with Crippen LogP contribution in [0.2, 0.25) is 0 Å². The van der Waals surface area contributed by atoms with Crippen LogP contribution < -0.4 is 5.32 Å². The Hall–Kier alpha value is -1.73. The van der Waals surface area contributed by atoms with E-state index in [9.17, 15) is 4.79 Å². The highest BCUT2D eigenvalue weighted by Gasteiger charge is 2.19. The van der Waals surface area contributed by atoms with E-state index in [4.69, 9.17) is 0 Å². The van der Waals surface area contributed by atoms with E-state index in [1.807, 2.05) is 19.5 Å². The first kappa shape index (κ1) is 14.7. The van der Waals surface area contributed by atoms with Gasteiger partial charge in [-0.05, 0) is 43.4 Å². The Bertz CT molecular complexity index is 523. The number of rotatable bonds is 6. The first-order valence-electron chi connectivity index (χ1n) is 6.40. The van der Waals surface area contributed by atoms with E-state index in [1.165, 1.54) is 11.9 Å². The van der Waals surface area contributed by atoms with Gasteiger partial charge in [-0.15, -0.1) is 0 Å². The van der Waals surface area contributed by atoms with E-state index in [-0.39, 0.29) is 18.0 Å². The number of hydrogen-bond donors (Lipinski definition) is 1. The molecule has 0 spiro atoms. The third-order valence-corrected chi connectivity index (χ3v) is 3.94. The van der Waals surface area contributed by atoms with Crippen molar-refractivity contribution in [2.24, 2.45) is 0 Å². The molecule has 108 valence electrons. The van der Waals surface area contributed by atoms with Crippen LogP contribution in [0.25, 0.3) is 0 Å². The molecule has 6 nitrogen and oxygen atoms in total. The van der Waals surface area contributed by atoms with Gasteiger partial charge in [-0.1, -0.05) is 0 Å². The smallest absolute Gasteiger partial charge is 0.244 e. The van der Waals surface area contributed by atoms with E-state index in [0.29, 0.717) is 6.54 Å². The number of aromatic nitrogens is 3. The zero-order valence-corrected chi connectivity index (χ0v) is 12.7. The minimum absolute atomic E-state index is 0.0578. The van der Waals surface area contributed by atoms with Gasteiger partial charge >= 0.3 is 0 Å². The number of likely N-dealkylation sites (N-methyl/N-ethyl adjacent to an activating group) is 1. The van der Waals surface area contributed by atoms with Gasteiger partial charge in [-0.3, -0.25) is 4.79 Å².